The van der Waals surface area contributed by atoms with Crippen LogP contribution in [0, 0.1) is 5.92 Å². The number of carbonyl (C=O) groups is 1. The lowest BCUT2D eigenvalue weighted by atomic mass is 9.94. The molecule has 3 rings (SSSR count). The number of piperidine rings is 1. The third kappa shape index (κ3) is 3.47. The maximum Gasteiger partial charge on any atom is 0.229 e. The van der Waals surface area contributed by atoms with Crippen molar-refractivity contribution < 1.29 is 4.79 Å². The van der Waals surface area contributed by atoms with Crippen LogP contribution in [-0.4, -0.2) is 26.0 Å². The quantitative estimate of drug-likeness (QED) is 0.886. The summed E-state index contributed by atoms with van der Waals surface area (Å²) >= 11 is 0. The molecule has 0 saturated carbocycles. The number of nitrogen functional groups attached to an aromatic ring is 1. The first-order valence-electron chi connectivity index (χ1n) is 8.08. The minimum atomic E-state index is 0.102. The molecule has 4 nitrogen and oxygen atoms in total. The molecular weight excluding hydrogens is 286 g/mol. The average molecular weight is 309 g/mol. The molecule has 0 aromatic heterocycles. The third-order valence-electron chi connectivity index (χ3n) is 4.58. The lowest BCUT2D eigenvalue weighted by Crippen LogP contribution is -2.41. The van der Waals surface area contributed by atoms with Crippen molar-refractivity contribution in [3.05, 3.63) is 54.6 Å². The smallest absolute Gasteiger partial charge is 0.229 e. The molecule has 1 heterocycles. The molecule has 0 bridgehead atoms. The number of amides is 1. The van der Waals surface area contributed by atoms with Gasteiger partial charge in [0.2, 0.25) is 5.91 Å². The van der Waals surface area contributed by atoms with Crippen molar-refractivity contribution in [2.75, 3.05) is 35.7 Å². The van der Waals surface area contributed by atoms with Gasteiger partial charge in [0.15, 0.2) is 0 Å². The SMILES string of the molecule is CN(C(=O)C1CCN(c2ccc(N)cc2)CC1)c1ccccc1. The van der Waals surface area contributed by atoms with Crippen LogP contribution in [0.4, 0.5) is 17.1 Å². The Morgan fingerprint density at radius 1 is 1.04 bits per heavy atom. The van der Waals surface area contributed by atoms with Gasteiger partial charge in [-0.1, -0.05) is 18.2 Å². The van der Waals surface area contributed by atoms with Crippen LogP contribution < -0.4 is 15.5 Å². The number of nitrogens with zero attached hydrogens (tertiary/aromatic N) is 2. The molecule has 23 heavy (non-hydrogen) atoms. The predicted molar refractivity (Wildman–Crippen MR) is 95.6 cm³/mol. The first-order valence-corrected chi connectivity index (χ1v) is 8.08. The number of carbonyl (C=O) groups excluding carboxylic acids is 1. The molecule has 1 saturated heterocycles. The van der Waals surface area contributed by atoms with E-state index < -0.39 is 0 Å². The lowest BCUT2D eigenvalue weighted by Gasteiger charge is -2.34. The molecule has 2 N–H and O–H groups in total. The Hall–Kier alpha value is -2.49. The van der Waals surface area contributed by atoms with E-state index >= 15 is 0 Å². The summed E-state index contributed by atoms with van der Waals surface area (Å²) in [5, 5.41) is 0. The van der Waals surface area contributed by atoms with E-state index in [4.69, 9.17) is 5.73 Å². The molecule has 0 unspecified atom stereocenters. The highest BCUT2D eigenvalue weighted by Gasteiger charge is 2.27. The van der Waals surface area contributed by atoms with Crippen molar-refractivity contribution in [3.8, 4) is 0 Å². The number of hydrogen-bond donors (Lipinski definition) is 1. The fourth-order valence-corrected chi connectivity index (χ4v) is 3.12. The van der Waals surface area contributed by atoms with E-state index in [9.17, 15) is 4.79 Å². The Balaban J connectivity index is 1.60. The highest BCUT2D eigenvalue weighted by atomic mass is 16.2. The van der Waals surface area contributed by atoms with Crippen LogP contribution >= 0.6 is 0 Å². The number of rotatable bonds is 3. The van der Waals surface area contributed by atoms with Crippen LogP contribution in [0.15, 0.2) is 54.6 Å². The van der Waals surface area contributed by atoms with Crippen molar-refractivity contribution in [3.63, 3.8) is 0 Å². The van der Waals surface area contributed by atoms with E-state index in [0.717, 1.165) is 37.3 Å². The number of anilines is 3. The Morgan fingerprint density at radius 2 is 1.65 bits per heavy atom. The molecule has 1 fully saturated rings. The van der Waals surface area contributed by atoms with Gasteiger partial charge in [-0.25, -0.2) is 0 Å². The Morgan fingerprint density at radius 3 is 2.26 bits per heavy atom. The van der Waals surface area contributed by atoms with Crippen LogP contribution in [0.1, 0.15) is 12.8 Å². The van der Waals surface area contributed by atoms with Crippen molar-refractivity contribution in [1.29, 1.82) is 0 Å². The first-order chi connectivity index (χ1) is 11.1. The topological polar surface area (TPSA) is 49.6 Å². The maximum atomic E-state index is 12.7. The first kappa shape index (κ1) is 15.4. The second kappa shape index (κ2) is 6.73. The molecule has 2 aromatic carbocycles. The molecule has 0 aliphatic carbocycles. The molecule has 4 heteroatoms. The van der Waals surface area contributed by atoms with Gasteiger partial charge >= 0.3 is 0 Å². The van der Waals surface area contributed by atoms with Gasteiger partial charge in [-0.2, -0.15) is 0 Å². The Kier molecular flexibility index (Phi) is 4.51. The molecule has 1 amide bonds. The van der Waals surface area contributed by atoms with E-state index in [1.807, 2.05) is 61.6 Å². The number of nitrogens with two attached hydrogens (primary N) is 1. The van der Waals surface area contributed by atoms with E-state index in [-0.39, 0.29) is 11.8 Å². The zero-order chi connectivity index (χ0) is 16.2. The van der Waals surface area contributed by atoms with Gasteiger partial charge in [-0.3, -0.25) is 4.79 Å². The van der Waals surface area contributed by atoms with E-state index in [2.05, 4.69) is 4.90 Å². The minimum Gasteiger partial charge on any atom is -0.399 e. The van der Waals surface area contributed by atoms with Gasteiger partial charge in [0.05, 0.1) is 0 Å². The Bertz CT molecular complexity index is 646. The van der Waals surface area contributed by atoms with Crippen LogP contribution in [0.25, 0.3) is 0 Å². The van der Waals surface area contributed by atoms with Gasteiger partial charge in [0, 0.05) is 43.1 Å². The summed E-state index contributed by atoms with van der Waals surface area (Å²) in [6, 6.07) is 17.8. The summed E-state index contributed by atoms with van der Waals surface area (Å²) in [6.45, 7) is 1.81. The molecule has 1 aliphatic heterocycles. The van der Waals surface area contributed by atoms with Crippen LogP contribution in [0.5, 0.6) is 0 Å². The molecule has 0 spiro atoms. The lowest BCUT2D eigenvalue weighted by molar-refractivity contribution is -0.122. The highest BCUT2D eigenvalue weighted by Crippen LogP contribution is 2.26. The summed E-state index contributed by atoms with van der Waals surface area (Å²) in [5.74, 6) is 0.318. The molecule has 0 radical (unpaired) electrons. The Labute approximate surface area is 137 Å². The number of hydrogen-bond acceptors (Lipinski definition) is 3. The zero-order valence-corrected chi connectivity index (χ0v) is 13.5. The van der Waals surface area contributed by atoms with E-state index in [0.29, 0.717) is 0 Å². The van der Waals surface area contributed by atoms with Crippen LogP contribution in [0.3, 0.4) is 0 Å². The monoisotopic (exact) mass is 309 g/mol. The normalized spacial score (nSPS) is 15.4. The summed E-state index contributed by atoms with van der Waals surface area (Å²) in [4.78, 5) is 16.8. The van der Waals surface area contributed by atoms with Crippen molar-refractivity contribution >= 4 is 23.0 Å². The summed E-state index contributed by atoms with van der Waals surface area (Å²) < 4.78 is 0. The largest absolute Gasteiger partial charge is 0.399 e. The van der Waals surface area contributed by atoms with E-state index in [1.165, 1.54) is 5.69 Å². The fourth-order valence-electron chi connectivity index (χ4n) is 3.12. The van der Waals surface area contributed by atoms with Crippen LogP contribution in [0.2, 0.25) is 0 Å². The molecule has 0 atom stereocenters. The van der Waals surface area contributed by atoms with Crippen molar-refractivity contribution in [2.45, 2.75) is 12.8 Å². The highest BCUT2D eigenvalue weighted by molar-refractivity contribution is 5.94. The average Bonchev–Trinajstić information content (AvgIpc) is 2.62. The predicted octanol–water partition coefficient (Wildman–Crippen LogP) is 3.15. The molecule has 1 aliphatic rings. The standard InChI is InChI=1S/C19H23N3O/c1-21(17-5-3-2-4-6-17)19(23)15-11-13-22(14-12-15)18-9-7-16(20)8-10-18/h2-10,15H,11-14,20H2,1H3. The van der Waals surface area contributed by atoms with Gasteiger partial charge in [-0.15, -0.1) is 0 Å². The minimum absolute atomic E-state index is 0.102. The van der Waals surface area contributed by atoms with Crippen LogP contribution in [-0.2, 0) is 4.79 Å². The van der Waals surface area contributed by atoms with Gasteiger partial charge < -0.3 is 15.5 Å². The summed E-state index contributed by atoms with van der Waals surface area (Å²) in [6.07, 6.45) is 1.78. The number of para-hydroxylation sites is 1. The van der Waals surface area contributed by atoms with Gasteiger partial charge in [-0.05, 0) is 49.2 Å². The van der Waals surface area contributed by atoms with Gasteiger partial charge in [0.1, 0.15) is 0 Å². The molecular formula is C19H23N3O. The molecule has 2 aromatic rings. The fraction of sp³-hybridized carbons (Fsp3) is 0.316. The summed E-state index contributed by atoms with van der Waals surface area (Å²) in [5.41, 5.74) is 8.66. The van der Waals surface area contributed by atoms with Gasteiger partial charge in [0.25, 0.3) is 0 Å². The van der Waals surface area contributed by atoms with E-state index in [1.54, 1.807) is 4.90 Å². The molecule has 120 valence electrons. The zero-order valence-electron chi connectivity index (χ0n) is 13.5. The number of benzene rings is 2. The van der Waals surface area contributed by atoms with Crippen molar-refractivity contribution in [2.24, 2.45) is 5.92 Å². The third-order valence-corrected chi connectivity index (χ3v) is 4.58. The maximum absolute atomic E-state index is 12.7. The summed E-state index contributed by atoms with van der Waals surface area (Å²) in [7, 11) is 1.87. The van der Waals surface area contributed by atoms with Crippen molar-refractivity contribution in [1.82, 2.24) is 0 Å². The second-order valence-corrected chi connectivity index (χ2v) is 6.09. The second-order valence-electron chi connectivity index (χ2n) is 6.09.